The molecule has 2 aromatic rings. The number of halogens is 1. The Balaban J connectivity index is 2.24. The monoisotopic (exact) mass is 218 g/mol. The number of benzene rings is 1. The highest BCUT2D eigenvalue weighted by atomic mass is 19.1. The summed E-state index contributed by atoms with van der Waals surface area (Å²) in [6.45, 7) is 1.71. The van der Waals surface area contributed by atoms with E-state index in [1.54, 1.807) is 19.1 Å². The zero-order valence-electron chi connectivity index (χ0n) is 8.74. The van der Waals surface area contributed by atoms with E-state index in [-0.39, 0.29) is 5.82 Å². The number of nitrogens with zero attached hydrogens (tertiary/aromatic N) is 2. The van der Waals surface area contributed by atoms with Gasteiger partial charge in [-0.3, -0.25) is 4.98 Å². The van der Waals surface area contributed by atoms with Gasteiger partial charge in [-0.05, 0) is 24.6 Å². The molecule has 0 unspecified atom stereocenters. The molecule has 0 atom stereocenters. The van der Waals surface area contributed by atoms with Gasteiger partial charge in [-0.25, -0.2) is 9.37 Å². The molecule has 0 amide bonds. The molecule has 3 N–H and O–H groups in total. The maximum atomic E-state index is 13.3. The van der Waals surface area contributed by atoms with Crippen molar-refractivity contribution >= 4 is 17.3 Å². The van der Waals surface area contributed by atoms with Gasteiger partial charge in [-0.2, -0.15) is 0 Å². The van der Waals surface area contributed by atoms with Crippen LogP contribution in [0.3, 0.4) is 0 Å². The summed E-state index contributed by atoms with van der Waals surface area (Å²) in [6, 6.07) is 4.86. The predicted molar refractivity (Wildman–Crippen MR) is 60.9 cm³/mol. The van der Waals surface area contributed by atoms with Crippen LogP contribution in [0.25, 0.3) is 0 Å². The Morgan fingerprint density at radius 2 is 2.12 bits per heavy atom. The van der Waals surface area contributed by atoms with Crippen LogP contribution in [0, 0.1) is 12.7 Å². The van der Waals surface area contributed by atoms with E-state index in [4.69, 9.17) is 5.73 Å². The van der Waals surface area contributed by atoms with Gasteiger partial charge >= 0.3 is 0 Å². The zero-order valence-corrected chi connectivity index (χ0v) is 8.74. The molecule has 1 aromatic carbocycles. The van der Waals surface area contributed by atoms with Crippen molar-refractivity contribution in [1.29, 1.82) is 0 Å². The fourth-order valence-electron chi connectivity index (χ4n) is 1.26. The fourth-order valence-corrected chi connectivity index (χ4v) is 1.26. The number of aryl methyl sites for hydroxylation is 1. The van der Waals surface area contributed by atoms with Crippen LogP contribution in [0.5, 0.6) is 0 Å². The minimum Gasteiger partial charge on any atom is -0.382 e. The minimum absolute atomic E-state index is 0.262. The summed E-state index contributed by atoms with van der Waals surface area (Å²) < 4.78 is 13.3. The third-order valence-electron chi connectivity index (χ3n) is 2.10. The molecule has 5 heteroatoms. The molecule has 2 rings (SSSR count). The van der Waals surface area contributed by atoms with Crippen molar-refractivity contribution in [2.75, 3.05) is 11.1 Å². The van der Waals surface area contributed by atoms with E-state index in [2.05, 4.69) is 15.3 Å². The number of nitrogens with two attached hydrogens (primary N) is 1. The molecule has 0 radical (unpaired) electrons. The maximum Gasteiger partial charge on any atom is 0.151 e. The van der Waals surface area contributed by atoms with Gasteiger partial charge in [0.15, 0.2) is 5.82 Å². The summed E-state index contributed by atoms with van der Waals surface area (Å²) in [7, 11) is 0. The first-order chi connectivity index (χ1) is 7.65. The molecule has 0 aliphatic carbocycles. The van der Waals surface area contributed by atoms with Crippen molar-refractivity contribution in [3.05, 3.63) is 42.0 Å². The molecule has 0 fully saturated rings. The van der Waals surface area contributed by atoms with E-state index in [1.165, 1.54) is 18.5 Å². The van der Waals surface area contributed by atoms with Crippen LogP contribution in [0.1, 0.15) is 5.56 Å². The van der Waals surface area contributed by atoms with Gasteiger partial charge in [0.25, 0.3) is 0 Å². The van der Waals surface area contributed by atoms with Crippen molar-refractivity contribution in [1.82, 2.24) is 9.97 Å². The van der Waals surface area contributed by atoms with E-state index < -0.39 is 0 Å². The van der Waals surface area contributed by atoms with E-state index in [0.29, 0.717) is 22.9 Å². The number of hydrogen-bond acceptors (Lipinski definition) is 4. The number of rotatable bonds is 2. The van der Waals surface area contributed by atoms with Gasteiger partial charge in [0.2, 0.25) is 0 Å². The Hall–Kier alpha value is -2.17. The van der Waals surface area contributed by atoms with Crippen molar-refractivity contribution in [2.45, 2.75) is 6.92 Å². The van der Waals surface area contributed by atoms with Crippen LogP contribution in [0.15, 0.2) is 30.6 Å². The highest BCUT2D eigenvalue weighted by Gasteiger charge is 2.01. The lowest BCUT2D eigenvalue weighted by Crippen LogP contribution is -1.98. The van der Waals surface area contributed by atoms with Crippen LogP contribution in [0.4, 0.5) is 21.7 Å². The quantitative estimate of drug-likeness (QED) is 0.811. The molecule has 0 spiro atoms. The van der Waals surface area contributed by atoms with E-state index >= 15 is 0 Å². The molecule has 82 valence electrons. The molecule has 0 aliphatic rings. The van der Waals surface area contributed by atoms with Crippen LogP contribution in [-0.4, -0.2) is 9.97 Å². The second-order valence-electron chi connectivity index (χ2n) is 3.42. The molecule has 16 heavy (non-hydrogen) atoms. The summed E-state index contributed by atoms with van der Waals surface area (Å²) in [5.74, 6) is 0.544. The van der Waals surface area contributed by atoms with Crippen LogP contribution in [-0.2, 0) is 0 Å². The summed E-state index contributed by atoms with van der Waals surface area (Å²) in [5.41, 5.74) is 6.69. The number of hydrogen-bond donors (Lipinski definition) is 2. The standard InChI is InChI=1S/C11H11FN4/c1-7-2-3-8(4-9(7)12)15-11-6-14-5-10(13)16-11/h2-6H,1H3,(H3,13,15,16). The smallest absolute Gasteiger partial charge is 0.151 e. The summed E-state index contributed by atoms with van der Waals surface area (Å²) in [6.07, 6.45) is 2.97. The average molecular weight is 218 g/mol. The molecular formula is C11H11FN4. The first-order valence-corrected chi connectivity index (χ1v) is 4.76. The Bertz CT molecular complexity index is 513. The van der Waals surface area contributed by atoms with Gasteiger partial charge in [-0.1, -0.05) is 6.07 Å². The van der Waals surface area contributed by atoms with Gasteiger partial charge < -0.3 is 11.1 Å². The summed E-state index contributed by atoms with van der Waals surface area (Å²) >= 11 is 0. The molecule has 4 nitrogen and oxygen atoms in total. The predicted octanol–water partition coefficient (Wildman–Crippen LogP) is 2.25. The maximum absolute atomic E-state index is 13.3. The van der Waals surface area contributed by atoms with E-state index in [0.717, 1.165) is 0 Å². The van der Waals surface area contributed by atoms with Gasteiger partial charge in [-0.15, -0.1) is 0 Å². The SMILES string of the molecule is Cc1ccc(Nc2cncc(N)n2)cc1F. The molecule has 0 saturated heterocycles. The molecular weight excluding hydrogens is 207 g/mol. The van der Waals surface area contributed by atoms with Gasteiger partial charge in [0.05, 0.1) is 12.4 Å². The average Bonchev–Trinajstić information content (AvgIpc) is 2.24. The lowest BCUT2D eigenvalue weighted by atomic mass is 10.2. The van der Waals surface area contributed by atoms with Crippen LogP contribution >= 0.6 is 0 Å². The lowest BCUT2D eigenvalue weighted by Gasteiger charge is -2.06. The molecule has 0 bridgehead atoms. The second-order valence-corrected chi connectivity index (χ2v) is 3.42. The number of aromatic nitrogens is 2. The Morgan fingerprint density at radius 1 is 1.31 bits per heavy atom. The normalized spacial score (nSPS) is 10.1. The first kappa shape index (κ1) is 10.4. The Morgan fingerprint density at radius 3 is 2.81 bits per heavy atom. The molecule has 0 aliphatic heterocycles. The summed E-state index contributed by atoms with van der Waals surface area (Å²) in [4.78, 5) is 7.88. The number of anilines is 3. The Labute approximate surface area is 92.3 Å². The second kappa shape index (κ2) is 4.14. The Kier molecular flexibility index (Phi) is 2.68. The first-order valence-electron chi connectivity index (χ1n) is 4.76. The van der Waals surface area contributed by atoms with Crippen molar-refractivity contribution in [3.8, 4) is 0 Å². The zero-order chi connectivity index (χ0) is 11.5. The molecule has 0 saturated carbocycles. The number of nitrogen functional groups attached to an aromatic ring is 1. The minimum atomic E-state index is -0.262. The molecule has 1 heterocycles. The lowest BCUT2D eigenvalue weighted by molar-refractivity contribution is 0.619. The molecule has 1 aromatic heterocycles. The van der Waals surface area contributed by atoms with E-state index in [1.807, 2.05) is 0 Å². The van der Waals surface area contributed by atoms with Crippen molar-refractivity contribution in [3.63, 3.8) is 0 Å². The fraction of sp³-hybridized carbons (Fsp3) is 0.0909. The van der Waals surface area contributed by atoms with Crippen molar-refractivity contribution < 1.29 is 4.39 Å². The highest BCUT2D eigenvalue weighted by Crippen LogP contribution is 2.17. The van der Waals surface area contributed by atoms with Crippen LogP contribution in [0.2, 0.25) is 0 Å². The third kappa shape index (κ3) is 2.25. The summed E-state index contributed by atoms with van der Waals surface area (Å²) in [5, 5.41) is 2.92. The topological polar surface area (TPSA) is 63.8 Å². The largest absolute Gasteiger partial charge is 0.382 e. The number of nitrogens with one attached hydrogen (secondary N) is 1. The van der Waals surface area contributed by atoms with Crippen LogP contribution < -0.4 is 11.1 Å². The van der Waals surface area contributed by atoms with E-state index in [9.17, 15) is 4.39 Å². The third-order valence-corrected chi connectivity index (χ3v) is 2.10. The van der Waals surface area contributed by atoms with Gasteiger partial charge in [0.1, 0.15) is 11.6 Å². The van der Waals surface area contributed by atoms with Crippen molar-refractivity contribution in [2.24, 2.45) is 0 Å². The highest BCUT2D eigenvalue weighted by molar-refractivity contribution is 5.56. The van der Waals surface area contributed by atoms with Gasteiger partial charge in [0, 0.05) is 5.69 Å².